The Labute approximate surface area is 200 Å². The fourth-order valence-corrected chi connectivity index (χ4v) is 3.32. The molecule has 1 aromatic carbocycles. The smallest absolute Gasteiger partial charge is 0.435 e. The minimum absolute atomic E-state index is 0.0421. The van der Waals surface area contributed by atoms with Crippen LogP contribution in [-0.4, -0.2) is 38.0 Å². The third kappa shape index (κ3) is 5.53. The van der Waals surface area contributed by atoms with Crippen LogP contribution in [0, 0.1) is 18.3 Å². The summed E-state index contributed by atoms with van der Waals surface area (Å²) in [5.74, 6) is 0.566. The van der Waals surface area contributed by atoms with Crippen LogP contribution < -0.4 is 9.47 Å². The number of halogens is 2. The highest BCUT2D eigenvalue weighted by Crippen LogP contribution is 2.41. The standard InChI is InChI=1S/C22H21Cl2N5O4/c1-6-31-15-11-13(8-7-9-25)10-14(23)17(15)32-19-16-12(2)29(21(30)33-22(3,4)5)28-18(16)26-20(24)27-19/h7-8,10-11H,6H2,1-5H3/b8-7+. The van der Waals surface area contributed by atoms with Crippen LogP contribution in [0.3, 0.4) is 0 Å². The molecule has 0 atom stereocenters. The lowest BCUT2D eigenvalue weighted by Crippen LogP contribution is -2.28. The summed E-state index contributed by atoms with van der Waals surface area (Å²) in [6, 6.07) is 5.22. The molecule has 3 aromatic rings. The molecular formula is C22H21Cl2N5O4. The molecule has 0 amide bonds. The lowest BCUT2D eigenvalue weighted by molar-refractivity contribution is 0.0512. The number of nitrogens with zero attached hydrogens (tertiary/aromatic N) is 5. The number of allylic oxidation sites excluding steroid dienone is 1. The molecule has 0 N–H and O–H groups in total. The number of hydrogen-bond acceptors (Lipinski definition) is 8. The van der Waals surface area contributed by atoms with Crippen molar-refractivity contribution in [3.63, 3.8) is 0 Å². The van der Waals surface area contributed by atoms with Gasteiger partial charge in [-0.25, -0.2) is 4.79 Å². The van der Waals surface area contributed by atoms with E-state index in [1.807, 2.05) is 13.0 Å². The SMILES string of the molecule is CCOc1cc(/C=C/C#N)cc(Cl)c1Oc1nc(Cl)nc2nn(C(=O)OC(C)(C)C)c(C)c12. The molecule has 172 valence electrons. The van der Waals surface area contributed by atoms with Crippen molar-refractivity contribution in [1.82, 2.24) is 19.7 Å². The Morgan fingerprint density at radius 3 is 2.64 bits per heavy atom. The molecule has 11 heteroatoms. The number of ether oxygens (including phenoxy) is 3. The topological polar surface area (TPSA) is 112 Å². The summed E-state index contributed by atoms with van der Waals surface area (Å²) in [6.07, 6.45) is 2.23. The van der Waals surface area contributed by atoms with Gasteiger partial charge in [0, 0.05) is 6.08 Å². The summed E-state index contributed by atoms with van der Waals surface area (Å²) >= 11 is 12.6. The molecule has 0 aliphatic carbocycles. The second-order valence-electron chi connectivity index (χ2n) is 7.80. The normalized spacial score (nSPS) is 11.6. The molecule has 0 saturated carbocycles. The summed E-state index contributed by atoms with van der Waals surface area (Å²) in [5.41, 5.74) is 0.480. The molecule has 0 unspecified atom stereocenters. The first-order valence-corrected chi connectivity index (χ1v) is 10.7. The molecule has 0 aliphatic rings. The van der Waals surface area contributed by atoms with Crippen molar-refractivity contribution < 1.29 is 19.0 Å². The Hall–Kier alpha value is -3.35. The van der Waals surface area contributed by atoms with Gasteiger partial charge in [-0.05, 0) is 70.0 Å². The van der Waals surface area contributed by atoms with Crippen molar-refractivity contribution in [2.24, 2.45) is 0 Å². The average molecular weight is 490 g/mol. The molecule has 2 aromatic heterocycles. The Morgan fingerprint density at radius 2 is 2.00 bits per heavy atom. The van der Waals surface area contributed by atoms with Crippen LogP contribution in [0.4, 0.5) is 4.79 Å². The highest BCUT2D eigenvalue weighted by Gasteiger charge is 2.25. The number of carbonyl (C=O) groups excluding carboxylic acids is 1. The first kappa shape index (κ1) is 24.3. The van der Waals surface area contributed by atoms with E-state index in [-0.39, 0.29) is 27.6 Å². The number of carbonyl (C=O) groups is 1. The number of rotatable bonds is 5. The minimum atomic E-state index is -0.716. The van der Waals surface area contributed by atoms with Crippen LogP contribution in [0.2, 0.25) is 10.3 Å². The van der Waals surface area contributed by atoms with Crippen LogP contribution in [0.15, 0.2) is 18.2 Å². The molecule has 3 rings (SSSR count). The fraction of sp³-hybridized carbons (Fsp3) is 0.318. The molecule has 0 radical (unpaired) electrons. The van der Waals surface area contributed by atoms with Crippen molar-refractivity contribution in [2.45, 2.75) is 40.2 Å². The van der Waals surface area contributed by atoms with Crippen LogP contribution in [0.5, 0.6) is 17.4 Å². The predicted octanol–water partition coefficient (Wildman–Crippen LogP) is 5.95. The molecule has 0 spiro atoms. The van der Waals surface area contributed by atoms with E-state index in [9.17, 15) is 4.79 Å². The van der Waals surface area contributed by atoms with Gasteiger partial charge in [0.15, 0.2) is 17.1 Å². The Bertz CT molecular complexity index is 1290. The number of nitriles is 1. The van der Waals surface area contributed by atoms with E-state index in [1.165, 1.54) is 6.08 Å². The number of aromatic nitrogens is 4. The molecule has 0 fully saturated rings. The van der Waals surface area contributed by atoms with E-state index in [0.29, 0.717) is 29.0 Å². The predicted molar refractivity (Wildman–Crippen MR) is 124 cm³/mol. The quantitative estimate of drug-likeness (QED) is 0.319. The Morgan fingerprint density at radius 1 is 1.27 bits per heavy atom. The van der Waals surface area contributed by atoms with Crippen molar-refractivity contribution in [3.05, 3.63) is 39.8 Å². The third-order valence-corrected chi connectivity index (χ3v) is 4.60. The van der Waals surface area contributed by atoms with Gasteiger partial charge in [-0.3, -0.25) is 0 Å². The zero-order chi connectivity index (χ0) is 24.3. The monoisotopic (exact) mass is 489 g/mol. The average Bonchev–Trinajstić information content (AvgIpc) is 3.04. The molecule has 2 heterocycles. The van der Waals surface area contributed by atoms with Gasteiger partial charge in [-0.1, -0.05) is 11.6 Å². The van der Waals surface area contributed by atoms with Gasteiger partial charge in [-0.15, -0.1) is 5.10 Å². The second kappa shape index (κ2) is 9.65. The van der Waals surface area contributed by atoms with Gasteiger partial charge in [0.25, 0.3) is 0 Å². The number of benzene rings is 1. The first-order valence-electron chi connectivity index (χ1n) is 9.90. The van der Waals surface area contributed by atoms with Gasteiger partial charge < -0.3 is 14.2 Å². The Balaban J connectivity index is 2.12. The third-order valence-electron chi connectivity index (χ3n) is 4.15. The van der Waals surface area contributed by atoms with Crippen LogP contribution in [-0.2, 0) is 4.74 Å². The fourth-order valence-electron chi connectivity index (χ4n) is 2.90. The summed E-state index contributed by atoms with van der Waals surface area (Å²) < 4.78 is 18.2. The van der Waals surface area contributed by atoms with Crippen LogP contribution in [0.25, 0.3) is 17.1 Å². The van der Waals surface area contributed by atoms with E-state index in [4.69, 9.17) is 42.7 Å². The number of aryl methyl sites for hydroxylation is 1. The highest BCUT2D eigenvalue weighted by molar-refractivity contribution is 6.32. The molecular weight excluding hydrogens is 469 g/mol. The van der Waals surface area contributed by atoms with Gasteiger partial charge in [0.1, 0.15) is 11.0 Å². The van der Waals surface area contributed by atoms with Gasteiger partial charge in [0.05, 0.1) is 23.4 Å². The summed E-state index contributed by atoms with van der Waals surface area (Å²) in [7, 11) is 0. The zero-order valence-corrected chi connectivity index (χ0v) is 20.2. The van der Waals surface area contributed by atoms with Crippen molar-refractivity contribution in [3.8, 4) is 23.4 Å². The number of fused-ring (bicyclic) bond motifs is 1. The molecule has 0 bridgehead atoms. The van der Waals surface area contributed by atoms with Gasteiger partial charge in [-0.2, -0.15) is 19.9 Å². The van der Waals surface area contributed by atoms with Crippen molar-refractivity contribution in [1.29, 1.82) is 5.26 Å². The first-order chi connectivity index (χ1) is 15.5. The molecule has 0 saturated heterocycles. The maximum Gasteiger partial charge on any atom is 0.435 e. The highest BCUT2D eigenvalue weighted by atomic mass is 35.5. The second-order valence-corrected chi connectivity index (χ2v) is 8.55. The maximum absolute atomic E-state index is 12.6. The zero-order valence-electron chi connectivity index (χ0n) is 18.6. The van der Waals surface area contributed by atoms with Crippen LogP contribution >= 0.6 is 23.2 Å². The summed E-state index contributed by atoms with van der Waals surface area (Å²) in [6.45, 7) is 9.06. The molecule has 0 aliphatic heterocycles. The minimum Gasteiger partial charge on any atom is -0.490 e. The molecule has 9 nitrogen and oxygen atoms in total. The van der Waals surface area contributed by atoms with Crippen molar-refractivity contribution >= 4 is 46.4 Å². The van der Waals surface area contributed by atoms with E-state index >= 15 is 0 Å². The number of hydrogen-bond donors (Lipinski definition) is 0. The van der Waals surface area contributed by atoms with E-state index in [0.717, 1.165) is 4.68 Å². The molecule has 33 heavy (non-hydrogen) atoms. The maximum atomic E-state index is 12.6. The van der Waals surface area contributed by atoms with E-state index < -0.39 is 11.7 Å². The van der Waals surface area contributed by atoms with E-state index in [2.05, 4.69) is 15.1 Å². The van der Waals surface area contributed by atoms with Gasteiger partial charge in [0.2, 0.25) is 11.2 Å². The van der Waals surface area contributed by atoms with Crippen molar-refractivity contribution in [2.75, 3.05) is 6.61 Å². The Kier molecular flexibility index (Phi) is 7.10. The van der Waals surface area contributed by atoms with Gasteiger partial charge >= 0.3 is 6.09 Å². The lowest BCUT2D eigenvalue weighted by atomic mass is 10.2. The van der Waals surface area contributed by atoms with Crippen LogP contribution in [0.1, 0.15) is 39.0 Å². The largest absolute Gasteiger partial charge is 0.490 e. The lowest BCUT2D eigenvalue weighted by Gasteiger charge is -2.19. The van der Waals surface area contributed by atoms with E-state index in [1.54, 1.807) is 45.9 Å². The summed E-state index contributed by atoms with van der Waals surface area (Å²) in [5, 5.41) is 13.4. The summed E-state index contributed by atoms with van der Waals surface area (Å²) in [4.78, 5) is 20.9.